The van der Waals surface area contributed by atoms with Crippen LogP contribution in [0.25, 0.3) is 0 Å². The Morgan fingerprint density at radius 2 is 0.947 bits per heavy atom. The van der Waals surface area contributed by atoms with Crippen LogP contribution in [0.3, 0.4) is 0 Å². The number of nitrogens with zero attached hydrogens (tertiary/aromatic N) is 4. The van der Waals surface area contributed by atoms with Crippen LogP contribution >= 0.6 is 0 Å². The smallest absolute Gasteiger partial charge is 0.410 e. The zero-order valence-electron chi connectivity index (χ0n) is 50.2. The maximum Gasteiger partial charge on any atom is 0.410 e. The van der Waals surface area contributed by atoms with Gasteiger partial charge in [-0.15, -0.1) is 13.2 Å². The van der Waals surface area contributed by atoms with Crippen LogP contribution in [-0.2, 0) is 57.2 Å². The predicted molar refractivity (Wildman–Crippen MR) is 290 cm³/mol. The van der Waals surface area contributed by atoms with Crippen molar-refractivity contribution in [1.82, 2.24) is 19.6 Å². The molecule has 4 amide bonds. The Morgan fingerprint density at radius 3 is 1.34 bits per heavy atom. The quantitative estimate of drug-likeness (QED) is 0.143. The zero-order chi connectivity index (χ0) is 59.0. The highest BCUT2D eigenvalue weighted by Gasteiger charge is 2.54. The molecule has 4 saturated heterocycles. The van der Waals surface area contributed by atoms with Crippen LogP contribution in [0.15, 0.2) is 37.5 Å². The standard InChI is InChI=1S/C24H38N2O5.C22H34N2O5.2C6H12O2/c1-10-16-12-13-25(22(29)31-24(7,8)9)19(16)20(27)26-17(11-2)15(3)14-18(26)21(28)30-23(4,5)6;1-13-12-16(19(26)28-21(2,3)4)24-15(13)9-8-14-10-11-23(17(14)18(24)25)20(27)29-22(5,6)7;2*1-5(7)8-6(2,3)4/h10-11,15-19H,1-2,12-14H2,3-9H3;8-9,13-17H,10-12H2,1-7H3;2*1-4H3/t15-,16+,17+,18+,19+;13-,14+,15+,16+,17+;;/m11../s1. The summed E-state index contributed by atoms with van der Waals surface area (Å²) in [6.07, 6.45) is 8.82. The minimum Gasteiger partial charge on any atom is -0.460 e. The van der Waals surface area contributed by atoms with Gasteiger partial charge in [-0.05, 0) is 162 Å². The predicted octanol–water partition coefficient (Wildman–Crippen LogP) is 9.76. The van der Waals surface area contributed by atoms with Crippen LogP contribution in [0.5, 0.6) is 0 Å². The summed E-state index contributed by atoms with van der Waals surface area (Å²) in [6, 6.07) is -3.25. The van der Waals surface area contributed by atoms with Gasteiger partial charge in [-0.3, -0.25) is 29.0 Å². The lowest BCUT2D eigenvalue weighted by Crippen LogP contribution is -2.56. The van der Waals surface area contributed by atoms with Gasteiger partial charge >= 0.3 is 36.1 Å². The van der Waals surface area contributed by atoms with E-state index in [9.17, 15) is 38.4 Å². The van der Waals surface area contributed by atoms with Crippen molar-refractivity contribution in [2.45, 2.75) is 248 Å². The second-order valence-corrected chi connectivity index (χ2v) is 26.4. The van der Waals surface area contributed by atoms with Gasteiger partial charge in [0.25, 0.3) is 0 Å². The Kier molecular flexibility index (Phi) is 22.7. The molecular weight excluding hydrogens is 977 g/mol. The summed E-state index contributed by atoms with van der Waals surface area (Å²) in [5.41, 5.74) is -3.26. The fourth-order valence-corrected chi connectivity index (χ4v) is 9.75. The van der Waals surface area contributed by atoms with E-state index in [4.69, 9.17) is 28.4 Å². The van der Waals surface area contributed by atoms with Crippen molar-refractivity contribution in [2.24, 2.45) is 23.7 Å². The van der Waals surface area contributed by atoms with Gasteiger partial charge in [0, 0.05) is 38.8 Å². The Balaban J connectivity index is 0.000000405. The van der Waals surface area contributed by atoms with Gasteiger partial charge in [0.1, 0.15) is 57.8 Å². The normalized spacial score (nSPS) is 26.3. The third-order valence-electron chi connectivity index (χ3n) is 12.2. The van der Waals surface area contributed by atoms with Crippen LogP contribution in [0.4, 0.5) is 9.59 Å². The summed E-state index contributed by atoms with van der Waals surface area (Å²) < 4.78 is 31.9. The van der Waals surface area contributed by atoms with E-state index in [2.05, 4.69) is 13.2 Å². The van der Waals surface area contributed by atoms with E-state index in [1.165, 1.54) is 23.6 Å². The average molecular weight is 1070 g/mol. The SMILES string of the molecule is C=C[C@H]1CCN(C(=O)OC(C)(C)C)[C@@H]1C(=O)N1[C@H](C(=O)OC(C)(C)C)C[C@@H](C)[C@@H]1C=C.CC(=O)OC(C)(C)C.CC(=O)OC(C)(C)C.C[C@@H]1C[C@@H](C(=O)OC(C)(C)C)N2C(=O)[C@@H]3[C@@H](C=C[C@@H]12)CCN3C(=O)OC(C)(C)C. The molecule has 18 nitrogen and oxygen atoms in total. The van der Waals surface area contributed by atoms with E-state index in [1.54, 1.807) is 63.5 Å². The fraction of sp³-hybridized carbons (Fsp3) is 0.759. The van der Waals surface area contributed by atoms with E-state index in [0.29, 0.717) is 38.8 Å². The summed E-state index contributed by atoms with van der Waals surface area (Å²) in [6.45, 7) is 48.2. The molecule has 5 aliphatic heterocycles. The second-order valence-electron chi connectivity index (χ2n) is 26.4. The molecular formula is C58H96N4O14. The van der Waals surface area contributed by atoms with E-state index in [0.717, 1.165) is 0 Å². The third kappa shape index (κ3) is 20.5. The van der Waals surface area contributed by atoms with Crippen molar-refractivity contribution in [3.05, 3.63) is 37.5 Å². The first-order valence-corrected chi connectivity index (χ1v) is 26.7. The molecule has 0 bridgehead atoms. The zero-order valence-corrected chi connectivity index (χ0v) is 50.2. The van der Waals surface area contributed by atoms with Gasteiger partial charge in [0.05, 0.1) is 12.1 Å². The summed E-state index contributed by atoms with van der Waals surface area (Å²) in [7, 11) is 0. The van der Waals surface area contributed by atoms with E-state index >= 15 is 0 Å². The molecule has 0 spiro atoms. The lowest BCUT2D eigenvalue weighted by molar-refractivity contribution is -0.165. The molecule has 5 heterocycles. The monoisotopic (exact) mass is 1070 g/mol. The number of fused-ring (bicyclic) bond motifs is 2. The minimum atomic E-state index is -0.773. The molecule has 0 N–H and O–H groups in total. The molecule has 76 heavy (non-hydrogen) atoms. The second kappa shape index (κ2) is 25.8. The van der Waals surface area contributed by atoms with E-state index < -0.39 is 64.7 Å². The molecule has 18 heteroatoms. The number of amides is 4. The van der Waals surface area contributed by atoms with Crippen LogP contribution in [0.2, 0.25) is 0 Å². The number of carbonyl (C=O) groups is 8. The molecule has 5 rings (SSSR count). The molecule has 0 radical (unpaired) electrons. The third-order valence-corrected chi connectivity index (χ3v) is 12.2. The van der Waals surface area contributed by atoms with Crippen LogP contribution in [-0.4, -0.2) is 150 Å². The molecule has 0 unspecified atom stereocenters. The Bertz CT molecular complexity index is 2100. The molecule has 4 fully saturated rings. The van der Waals surface area contributed by atoms with Crippen LogP contribution < -0.4 is 0 Å². The van der Waals surface area contributed by atoms with Gasteiger partial charge in [-0.25, -0.2) is 19.2 Å². The number of hydrogen-bond acceptors (Lipinski definition) is 14. The number of rotatable bonds is 5. The van der Waals surface area contributed by atoms with E-state index in [1.807, 2.05) is 109 Å². The summed E-state index contributed by atoms with van der Waals surface area (Å²) in [4.78, 5) is 106. The van der Waals surface area contributed by atoms with Gasteiger partial charge in [-0.1, -0.05) is 38.2 Å². The molecule has 5 aliphatic rings. The fourth-order valence-electron chi connectivity index (χ4n) is 9.75. The molecule has 432 valence electrons. The first kappa shape index (κ1) is 66.7. The van der Waals surface area contributed by atoms with Crippen molar-refractivity contribution < 1.29 is 66.8 Å². The number of esters is 4. The lowest BCUT2D eigenvalue weighted by Gasteiger charge is -2.36. The number of carbonyl (C=O) groups excluding carboxylic acids is 8. The Morgan fingerprint density at radius 1 is 0.539 bits per heavy atom. The molecule has 0 aromatic rings. The molecule has 0 aliphatic carbocycles. The molecule has 10 atom stereocenters. The van der Waals surface area contributed by atoms with Crippen molar-refractivity contribution in [3.63, 3.8) is 0 Å². The highest BCUT2D eigenvalue weighted by atomic mass is 16.6. The van der Waals surface area contributed by atoms with Gasteiger partial charge in [0.15, 0.2) is 0 Å². The molecule has 0 aromatic heterocycles. The van der Waals surface area contributed by atoms with Crippen molar-refractivity contribution in [2.75, 3.05) is 13.1 Å². The maximum absolute atomic E-state index is 13.9. The maximum atomic E-state index is 13.9. The van der Waals surface area contributed by atoms with Crippen LogP contribution in [0.1, 0.15) is 178 Å². The molecule has 0 aromatic carbocycles. The van der Waals surface area contributed by atoms with E-state index in [-0.39, 0.29) is 76.7 Å². The topological polar surface area (TPSA) is 205 Å². The van der Waals surface area contributed by atoms with Crippen molar-refractivity contribution in [3.8, 4) is 0 Å². The van der Waals surface area contributed by atoms with Gasteiger partial charge in [-0.2, -0.15) is 0 Å². The van der Waals surface area contributed by atoms with Gasteiger partial charge < -0.3 is 38.2 Å². The van der Waals surface area contributed by atoms with Crippen molar-refractivity contribution >= 4 is 47.9 Å². The number of likely N-dealkylation sites (tertiary alicyclic amines) is 3. The van der Waals surface area contributed by atoms with Crippen molar-refractivity contribution in [1.29, 1.82) is 0 Å². The highest BCUT2D eigenvalue weighted by Crippen LogP contribution is 2.40. The first-order chi connectivity index (χ1) is 34.3. The highest BCUT2D eigenvalue weighted by molar-refractivity contribution is 5.93. The lowest BCUT2D eigenvalue weighted by atomic mass is 9.97. The minimum absolute atomic E-state index is 0.0394. The number of ether oxygens (including phenoxy) is 6. The molecule has 0 saturated carbocycles. The summed E-state index contributed by atoms with van der Waals surface area (Å²) in [5.74, 6) is -1.85. The van der Waals surface area contributed by atoms with Gasteiger partial charge in [0.2, 0.25) is 11.8 Å². The number of hydrogen-bond donors (Lipinski definition) is 0. The Labute approximate surface area is 454 Å². The first-order valence-electron chi connectivity index (χ1n) is 26.7. The Hall–Kier alpha value is -5.42. The summed E-state index contributed by atoms with van der Waals surface area (Å²) in [5, 5.41) is 0. The van der Waals surface area contributed by atoms with Crippen LogP contribution in [0, 0.1) is 23.7 Å². The average Bonchev–Trinajstić information content (AvgIpc) is 3.97. The summed E-state index contributed by atoms with van der Waals surface area (Å²) >= 11 is 0. The largest absolute Gasteiger partial charge is 0.460 e.